The second-order valence-corrected chi connectivity index (χ2v) is 6.36. The Kier molecular flexibility index (Phi) is 4.83. The second kappa shape index (κ2) is 6.21. The topological polar surface area (TPSA) is 42.3 Å². The van der Waals surface area contributed by atoms with Gasteiger partial charge in [-0.15, -0.1) is 0 Å². The zero-order chi connectivity index (χ0) is 13.9. The Labute approximate surface area is 117 Å². The third-order valence-electron chi connectivity index (χ3n) is 5.20. The molecule has 0 aromatic rings. The molecule has 0 amide bonds. The fourth-order valence-electron chi connectivity index (χ4n) is 3.83. The Morgan fingerprint density at radius 3 is 2.84 bits per heavy atom. The van der Waals surface area contributed by atoms with Crippen LogP contribution in [0.2, 0.25) is 0 Å². The van der Waals surface area contributed by atoms with E-state index >= 15 is 0 Å². The van der Waals surface area contributed by atoms with Crippen LogP contribution in [0.1, 0.15) is 32.6 Å². The molecular formula is C15H28N4. The molecule has 1 N–H and O–H groups in total. The second-order valence-electron chi connectivity index (χ2n) is 6.36. The molecule has 0 radical (unpaired) electrons. The SMILES string of the molecule is CNC1(C#N)CCCC1CCN1CCN(C)CC1C. The maximum Gasteiger partial charge on any atom is 0.109 e. The number of likely N-dealkylation sites (N-methyl/N-ethyl adjacent to an activating group) is 1. The summed E-state index contributed by atoms with van der Waals surface area (Å²) in [6, 6.07) is 3.19. The fourth-order valence-corrected chi connectivity index (χ4v) is 3.83. The van der Waals surface area contributed by atoms with Crippen molar-refractivity contribution in [1.29, 1.82) is 5.26 Å². The van der Waals surface area contributed by atoms with Crippen LogP contribution in [0.5, 0.6) is 0 Å². The van der Waals surface area contributed by atoms with Gasteiger partial charge in [0, 0.05) is 25.7 Å². The van der Waals surface area contributed by atoms with E-state index in [1.807, 2.05) is 7.05 Å². The molecular weight excluding hydrogens is 236 g/mol. The summed E-state index contributed by atoms with van der Waals surface area (Å²) >= 11 is 0. The molecule has 2 aliphatic rings. The molecule has 3 atom stereocenters. The van der Waals surface area contributed by atoms with Gasteiger partial charge in [0.1, 0.15) is 5.54 Å². The van der Waals surface area contributed by atoms with Gasteiger partial charge in [0.2, 0.25) is 0 Å². The van der Waals surface area contributed by atoms with Crippen molar-refractivity contribution in [3.63, 3.8) is 0 Å². The number of hydrogen-bond donors (Lipinski definition) is 1. The summed E-state index contributed by atoms with van der Waals surface area (Å²) in [5, 5.41) is 12.8. The maximum atomic E-state index is 9.48. The van der Waals surface area contributed by atoms with Gasteiger partial charge in [0.25, 0.3) is 0 Å². The molecule has 2 fully saturated rings. The van der Waals surface area contributed by atoms with E-state index in [2.05, 4.69) is 35.2 Å². The van der Waals surface area contributed by atoms with E-state index < -0.39 is 0 Å². The predicted octanol–water partition coefficient (Wildman–Crippen LogP) is 1.29. The molecule has 1 saturated carbocycles. The van der Waals surface area contributed by atoms with Gasteiger partial charge in [-0.1, -0.05) is 6.42 Å². The number of piperazine rings is 1. The summed E-state index contributed by atoms with van der Waals surface area (Å²) in [6.07, 6.45) is 4.57. The van der Waals surface area contributed by atoms with E-state index in [1.54, 1.807) is 0 Å². The lowest BCUT2D eigenvalue weighted by molar-refractivity contribution is 0.0913. The highest BCUT2D eigenvalue weighted by atomic mass is 15.3. The standard InChI is InChI=1S/C15H28N4/c1-13-11-18(3)9-10-19(13)8-6-14-5-4-7-15(14,12-16)17-2/h13-14,17H,4-11H2,1-3H3. The molecule has 4 heteroatoms. The summed E-state index contributed by atoms with van der Waals surface area (Å²) in [4.78, 5) is 5.00. The van der Waals surface area contributed by atoms with Crippen molar-refractivity contribution in [2.24, 2.45) is 5.92 Å². The lowest BCUT2D eigenvalue weighted by Crippen LogP contribution is -2.52. The summed E-state index contributed by atoms with van der Waals surface area (Å²) in [5.74, 6) is 0.523. The van der Waals surface area contributed by atoms with Crippen LogP contribution in [0.4, 0.5) is 0 Å². The van der Waals surface area contributed by atoms with Gasteiger partial charge in [-0.25, -0.2) is 0 Å². The minimum absolute atomic E-state index is 0.254. The van der Waals surface area contributed by atoms with E-state index in [1.165, 1.54) is 32.5 Å². The number of nitriles is 1. The molecule has 19 heavy (non-hydrogen) atoms. The Hall–Kier alpha value is -0.630. The van der Waals surface area contributed by atoms with Crippen molar-refractivity contribution < 1.29 is 0 Å². The molecule has 108 valence electrons. The Balaban J connectivity index is 1.87. The van der Waals surface area contributed by atoms with Gasteiger partial charge in [-0.3, -0.25) is 4.90 Å². The highest BCUT2D eigenvalue weighted by molar-refractivity contribution is 5.13. The smallest absolute Gasteiger partial charge is 0.109 e. The monoisotopic (exact) mass is 264 g/mol. The van der Waals surface area contributed by atoms with E-state index in [0.717, 1.165) is 19.4 Å². The van der Waals surface area contributed by atoms with Crippen LogP contribution >= 0.6 is 0 Å². The van der Waals surface area contributed by atoms with E-state index in [9.17, 15) is 5.26 Å². The van der Waals surface area contributed by atoms with Crippen LogP contribution < -0.4 is 5.32 Å². The highest BCUT2D eigenvalue weighted by Gasteiger charge is 2.41. The molecule has 2 rings (SSSR count). The summed E-state index contributed by atoms with van der Waals surface area (Å²) < 4.78 is 0. The molecule has 3 unspecified atom stereocenters. The first-order chi connectivity index (χ1) is 9.11. The molecule has 1 saturated heterocycles. The van der Waals surface area contributed by atoms with Gasteiger partial charge in [0.15, 0.2) is 0 Å². The van der Waals surface area contributed by atoms with Crippen molar-refractivity contribution in [1.82, 2.24) is 15.1 Å². The normalized spacial score (nSPS) is 37.4. The zero-order valence-electron chi connectivity index (χ0n) is 12.7. The van der Waals surface area contributed by atoms with Crippen LogP contribution in [0.3, 0.4) is 0 Å². The first-order valence-corrected chi connectivity index (χ1v) is 7.64. The Morgan fingerprint density at radius 2 is 2.21 bits per heavy atom. The quantitative estimate of drug-likeness (QED) is 0.831. The summed E-state index contributed by atoms with van der Waals surface area (Å²) in [6.45, 7) is 6.97. The van der Waals surface area contributed by atoms with E-state index in [-0.39, 0.29) is 5.54 Å². The average Bonchev–Trinajstić information content (AvgIpc) is 2.81. The average molecular weight is 264 g/mol. The van der Waals surface area contributed by atoms with E-state index in [4.69, 9.17) is 0 Å². The third-order valence-corrected chi connectivity index (χ3v) is 5.20. The fraction of sp³-hybridized carbons (Fsp3) is 0.933. The van der Waals surface area contributed by atoms with Crippen molar-refractivity contribution in [3.05, 3.63) is 0 Å². The molecule has 1 heterocycles. The molecule has 0 bridgehead atoms. The zero-order valence-corrected chi connectivity index (χ0v) is 12.7. The predicted molar refractivity (Wildman–Crippen MR) is 77.9 cm³/mol. The van der Waals surface area contributed by atoms with Crippen LogP contribution in [0.15, 0.2) is 0 Å². The van der Waals surface area contributed by atoms with Crippen molar-refractivity contribution in [2.45, 2.75) is 44.2 Å². The molecule has 0 aromatic heterocycles. The van der Waals surface area contributed by atoms with E-state index in [0.29, 0.717) is 12.0 Å². The van der Waals surface area contributed by atoms with Gasteiger partial charge >= 0.3 is 0 Å². The van der Waals surface area contributed by atoms with Crippen LogP contribution in [0.25, 0.3) is 0 Å². The molecule has 4 nitrogen and oxygen atoms in total. The largest absolute Gasteiger partial charge is 0.304 e. The van der Waals surface area contributed by atoms with Gasteiger partial charge in [0.05, 0.1) is 6.07 Å². The molecule has 1 aliphatic carbocycles. The first-order valence-electron chi connectivity index (χ1n) is 7.64. The number of rotatable bonds is 4. The van der Waals surface area contributed by atoms with Crippen molar-refractivity contribution >= 4 is 0 Å². The number of nitrogens with one attached hydrogen (secondary N) is 1. The van der Waals surface area contributed by atoms with Crippen molar-refractivity contribution in [2.75, 3.05) is 40.3 Å². The Bertz CT molecular complexity index is 338. The van der Waals surface area contributed by atoms with Gasteiger partial charge in [-0.05, 0) is 52.7 Å². The molecule has 1 aliphatic heterocycles. The summed E-state index contributed by atoms with van der Waals surface area (Å²) in [7, 11) is 4.15. The van der Waals surface area contributed by atoms with Crippen LogP contribution in [-0.2, 0) is 0 Å². The van der Waals surface area contributed by atoms with Crippen LogP contribution in [-0.4, -0.2) is 61.7 Å². The lowest BCUT2D eigenvalue weighted by Gasteiger charge is -2.39. The minimum Gasteiger partial charge on any atom is -0.304 e. The highest BCUT2D eigenvalue weighted by Crippen LogP contribution is 2.37. The molecule has 0 spiro atoms. The minimum atomic E-state index is -0.254. The first kappa shape index (κ1) is 14.8. The van der Waals surface area contributed by atoms with Crippen molar-refractivity contribution in [3.8, 4) is 6.07 Å². The maximum absolute atomic E-state index is 9.48. The van der Waals surface area contributed by atoms with Crippen LogP contribution in [0, 0.1) is 17.2 Å². The Morgan fingerprint density at radius 1 is 1.42 bits per heavy atom. The number of nitrogens with zero attached hydrogens (tertiary/aromatic N) is 3. The van der Waals surface area contributed by atoms with Gasteiger partial charge < -0.3 is 10.2 Å². The molecule has 0 aromatic carbocycles. The third kappa shape index (κ3) is 3.10. The van der Waals surface area contributed by atoms with Gasteiger partial charge in [-0.2, -0.15) is 5.26 Å². The number of hydrogen-bond acceptors (Lipinski definition) is 4. The lowest BCUT2D eigenvalue weighted by atomic mass is 9.86. The summed E-state index contributed by atoms with van der Waals surface area (Å²) in [5.41, 5.74) is -0.254.